The number of urea groups is 1. The van der Waals surface area contributed by atoms with Crippen LogP contribution < -0.4 is 25.6 Å². The second kappa shape index (κ2) is 11.2. The summed E-state index contributed by atoms with van der Waals surface area (Å²) in [6.45, 7) is 6.82. The van der Waals surface area contributed by atoms with E-state index in [0.717, 1.165) is 4.90 Å². The summed E-state index contributed by atoms with van der Waals surface area (Å²) in [6.07, 6.45) is 1.98. The molecule has 0 spiro atoms. The van der Waals surface area contributed by atoms with Crippen molar-refractivity contribution in [2.24, 2.45) is 5.92 Å². The van der Waals surface area contributed by atoms with Crippen molar-refractivity contribution >= 4 is 46.2 Å². The van der Waals surface area contributed by atoms with Crippen LogP contribution >= 0.6 is 0 Å². The molecule has 224 valence electrons. The van der Waals surface area contributed by atoms with Gasteiger partial charge in [0.25, 0.3) is 0 Å². The molecule has 14 heteroatoms. The van der Waals surface area contributed by atoms with E-state index in [0.29, 0.717) is 23.8 Å². The highest BCUT2D eigenvalue weighted by Crippen LogP contribution is 2.42. The van der Waals surface area contributed by atoms with E-state index >= 15 is 4.39 Å². The number of carboxylic acid groups (broad SMARTS) is 1. The molecule has 1 aliphatic carbocycles. The summed E-state index contributed by atoms with van der Waals surface area (Å²) in [4.78, 5) is 46.8. The number of fused-ring (bicyclic) bond motifs is 2. The van der Waals surface area contributed by atoms with Gasteiger partial charge in [0.15, 0.2) is 5.82 Å². The standard InChI is InChI=1S/C29H30FN7O6/c1-14-18(12-33-25-24(14)37(28(40)41)7-8-42-25)17-9-16-10-21(35-26(38)34-20-6-5-15(20)11-31)32-13-19(16)23(22(17)30)36-27(39)43-29(2,3)4/h9-10,12-13,15,20H,5-8H2,1-4H3,(H,36,39)(H,40,41)(H2,32,34,35,38). The minimum absolute atomic E-state index is 0.00945. The van der Waals surface area contributed by atoms with Gasteiger partial charge in [0.2, 0.25) is 5.88 Å². The lowest BCUT2D eigenvalue weighted by Crippen LogP contribution is -2.47. The first-order valence-corrected chi connectivity index (χ1v) is 13.6. The van der Waals surface area contributed by atoms with Crippen molar-refractivity contribution in [2.45, 2.75) is 52.2 Å². The second-order valence-corrected chi connectivity index (χ2v) is 11.3. The Bertz CT molecular complexity index is 1680. The Morgan fingerprint density at radius 2 is 1.93 bits per heavy atom. The molecule has 2 aromatic heterocycles. The van der Waals surface area contributed by atoms with Crippen molar-refractivity contribution in [3.63, 3.8) is 0 Å². The predicted octanol–water partition coefficient (Wildman–Crippen LogP) is 5.39. The van der Waals surface area contributed by atoms with Crippen molar-refractivity contribution in [3.05, 3.63) is 35.9 Å². The van der Waals surface area contributed by atoms with Crippen LogP contribution in [-0.2, 0) is 4.74 Å². The van der Waals surface area contributed by atoms with E-state index in [9.17, 15) is 19.5 Å². The zero-order valence-corrected chi connectivity index (χ0v) is 23.9. The Balaban J connectivity index is 1.59. The molecule has 4 N–H and O–H groups in total. The number of nitrogens with one attached hydrogen (secondary N) is 3. The molecule has 1 saturated carbocycles. The Morgan fingerprint density at radius 1 is 1.16 bits per heavy atom. The van der Waals surface area contributed by atoms with Gasteiger partial charge >= 0.3 is 18.2 Å². The molecule has 2 aliphatic rings. The van der Waals surface area contributed by atoms with Gasteiger partial charge in [-0.15, -0.1) is 0 Å². The first-order valence-electron chi connectivity index (χ1n) is 13.6. The van der Waals surface area contributed by atoms with E-state index in [1.54, 1.807) is 27.7 Å². The predicted molar refractivity (Wildman–Crippen MR) is 155 cm³/mol. The van der Waals surface area contributed by atoms with Gasteiger partial charge in [-0.05, 0) is 63.6 Å². The fourth-order valence-corrected chi connectivity index (χ4v) is 5.01. The van der Waals surface area contributed by atoms with Crippen molar-refractivity contribution in [3.8, 4) is 23.1 Å². The molecule has 5 rings (SSSR count). The number of hydrogen-bond acceptors (Lipinski definition) is 8. The topological polar surface area (TPSA) is 179 Å². The summed E-state index contributed by atoms with van der Waals surface area (Å²) >= 11 is 0. The quantitative estimate of drug-likeness (QED) is 0.309. The molecule has 1 aliphatic heterocycles. The summed E-state index contributed by atoms with van der Waals surface area (Å²) in [5, 5.41) is 27.4. The molecule has 0 bridgehead atoms. The van der Waals surface area contributed by atoms with Crippen molar-refractivity contribution in [1.29, 1.82) is 5.26 Å². The summed E-state index contributed by atoms with van der Waals surface area (Å²) in [5.74, 6) is -0.827. The van der Waals surface area contributed by atoms with E-state index in [1.165, 1.54) is 24.5 Å². The van der Waals surface area contributed by atoms with Gasteiger partial charge in [-0.25, -0.2) is 28.7 Å². The molecule has 3 aromatic rings. The number of aromatic nitrogens is 2. The third kappa shape index (κ3) is 5.92. The van der Waals surface area contributed by atoms with Crippen molar-refractivity contribution in [1.82, 2.24) is 15.3 Å². The first kappa shape index (κ1) is 29.3. The largest absolute Gasteiger partial charge is 0.474 e. The lowest BCUT2D eigenvalue weighted by molar-refractivity contribution is 0.0635. The van der Waals surface area contributed by atoms with E-state index < -0.39 is 29.6 Å². The summed E-state index contributed by atoms with van der Waals surface area (Å²) in [5.41, 5.74) is -0.222. The number of ether oxygens (including phenoxy) is 2. The number of carbonyl (C=O) groups is 3. The van der Waals surface area contributed by atoms with Crippen molar-refractivity contribution < 1.29 is 33.4 Å². The fraction of sp³-hybridized carbons (Fsp3) is 0.379. The minimum Gasteiger partial charge on any atom is -0.474 e. The van der Waals surface area contributed by atoms with E-state index in [4.69, 9.17) is 14.7 Å². The molecule has 4 amide bonds. The molecular formula is C29H30FN7O6. The summed E-state index contributed by atoms with van der Waals surface area (Å²) in [7, 11) is 0. The van der Waals surface area contributed by atoms with Crippen LogP contribution in [0.1, 0.15) is 39.2 Å². The SMILES string of the molecule is Cc1c(-c2cc3cc(NC(=O)NC4CCC4C#N)ncc3c(NC(=O)OC(C)(C)C)c2F)cnc2c1N(C(=O)O)CCO2. The number of nitriles is 1. The van der Waals surface area contributed by atoms with E-state index in [2.05, 4.69) is 32.0 Å². The number of benzene rings is 1. The molecule has 1 aromatic carbocycles. The van der Waals surface area contributed by atoms with E-state index in [-0.39, 0.29) is 64.7 Å². The van der Waals surface area contributed by atoms with Gasteiger partial charge in [0.05, 0.1) is 24.2 Å². The molecule has 13 nitrogen and oxygen atoms in total. The van der Waals surface area contributed by atoms with Crippen LogP contribution in [0.5, 0.6) is 5.88 Å². The van der Waals surface area contributed by atoms with Gasteiger partial charge in [-0.2, -0.15) is 5.26 Å². The summed E-state index contributed by atoms with van der Waals surface area (Å²) < 4.78 is 27.2. The molecule has 0 radical (unpaired) electrons. The third-order valence-corrected chi connectivity index (χ3v) is 7.20. The van der Waals surface area contributed by atoms with Crippen LogP contribution in [0.15, 0.2) is 24.5 Å². The number of amides is 4. The highest BCUT2D eigenvalue weighted by molar-refractivity contribution is 6.05. The van der Waals surface area contributed by atoms with E-state index in [1.807, 2.05) is 0 Å². The maximum absolute atomic E-state index is 16.3. The second-order valence-electron chi connectivity index (χ2n) is 11.3. The minimum atomic E-state index is -1.21. The van der Waals surface area contributed by atoms with Crippen LogP contribution in [0.2, 0.25) is 0 Å². The molecule has 1 fully saturated rings. The van der Waals surface area contributed by atoms with Crippen LogP contribution in [0.3, 0.4) is 0 Å². The fourth-order valence-electron chi connectivity index (χ4n) is 5.01. The van der Waals surface area contributed by atoms with Crippen molar-refractivity contribution in [2.75, 3.05) is 28.7 Å². The lowest BCUT2D eigenvalue weighted by atomic mass is 9.81. The molecular weight excluding hydrogens is 561 g/mol. The molecule has 0 saturated heterocycles. The van der Waals surface area contributed by atoms with Crippen LogP contribution in [0, 0.1) is 30.0 Å². The first-order chi connectivity index (χ1) is 20.4. The van der Waals surface area contributed by atoms with Gasteiger partial charge in [-0.3, -0.25) is 15.5 Å². The molecule has 3 heterocycles. The normalized spacial score (nSPS) is 17.5. The number of anilines is 3. The number of nitrogens with zero attached hydrogens (tertiary/aromatic N) is 4. The van der Waals surface area contributed by atoms with Crippen LogP contribution in [0.25, 0.3) is 21.9 Å². The Hall–Kier alpha value is -5.19. The number of carbonyl (C=O) groups excluding carboxylic acids is 2. The number of hydrogen-bond donors (Lipinski definition) is 4. The van der Waals surface area contributed by atoms with Crippen LogP contribution in [-0.4, -0.2) is 58.1 Å². The lowest BCUT2D eigenvalue weighted by Gasteiger charge is -2.31. The number of halogens is 1. The summed E-state index contributed by atoms with van der Waals surface area (Å²) in [6, 6.07) is 4.35. The Labute approximate surface area is 246 Å². The average Bonchev–Trinajstić information content (AvgIpc) is 2.92. The third-order valence-electron chi connectivity index (χ3n) is 7.20. The Morgan fingerprint density at radius 3 is 2.58 bits per heavy atom. The zero-order valence-electron chi connectivity index (χ0n) is 23.9. The molecule has 2 unspecified atom stereocenters. The number of rotatable bonds is 4. The zero-order chi connectivity index (χ0) is 31.1. The van der Waals surface area contributed by atoms with Gasteiger partial charge < -0.3 is 19.9 Å². The maximum atomic E-state index is 16.3. The smallest absolute Gasteiger partial charge is 0.412 e. The van der Waals surface area contributed by atoms with Gasteiger partial charge in [-0.1, -0.05) is 0 Å². The highest BCUT2D eigenvalue weighted by atomic mass is 19.1. The highest BCUT2D eigenvalue weighted by Gasteiger charge is 2.32. The average molecular weight is 592 g/mol. The van der Waals surface area contributed by atoms with Gasteiger partial charge in [0, 0.05) is 34.9 Å². The maximum Gasteiger partial charge on any atom is 0.412 e. The number of pyridine rings is 2. The van der Waals surface area contributed by atoms with Gasteiger partial charge in [0.1, 0.15) is 23.7 Å². The van der Waals surface area contributed by atoms with Crippen LogP contribution in [0.4, 0.5) is 36.0 Å². The Kier molecular flexibility index (Phi) is 7.66. The monoisotopic (exact) mass is 591 g/mol. The molecule has 43 heavy (non-hydrogen) atoms. The molecule has 2 atom stereocenters.